The maximum Gasteiger partial charge on any atom is 0.224 e. The molecular formula is C19H16N2O2S. The minimum absolute atomic E-state index is 0.0285. The molecule has 0 fully saturated rings. The number of aromatic nitrogens is 1. The van der Waals surface area contributed by atoms with Crippen molar-refractivity contribution in [2.75, 3.05) is 18.1 Å². The lowest BCUT2D eigenvalue weighted by molar-refractivity contribution is -0.116. The van der Waals surface area contributed by atoms with Crippen LogP contribution >= 0.6 is 11.3 Å². The molecule has 3 aromatic rings. The quantitative estimate of drug-likeness (QED) is 0.703. The van der Waals surface area contributed by atoms with Gasteiger partial charge in [0.05, 0.1) is 17.1 Å². The molecule has 0 N–H and O–H groups in total. The summed E-state index contributed by atoms with van der Waals surface area (Å²) in [5.74, 6) is 0.779. The standard InChI is InChI=1S/C19H16N2O2S/c1-13(22)21-9-10-23-17-8-7-15(11-16(17)21)19-20-12-18(24-19)14-5-3-2-4-6-14/h2-8,11-12H,9-10H2,1H3. The van der Waals surface area contributed by atoms with Crippen LogP contribution in [0.4, 0.5) is 5.69 Å². The summed E-state index contributed by atoms with van der Waals surface area (Å²) in [6.07, 6.45) is 1.90. The summed E-state index contributed by atoms with van der Waals surface area (Å²) >= 11 is 1.64. The van der Waals surface area contributed by atoms with E-state index < -0.39 is 0 Å². The van der Waals surface area contributed by atoms with Crippen molar-refractivity contribution in [3.63, 3.8) is 0 Å². The van der Waals surface area contributed by atoms with Gasteiger partial charge < -0.3 is 9.64 Å². The molecular weight excluding hydrogens is 320 g/mol. The second-order valence-electron chi connectivity index (χ2n) is 5.60. The molecule has 4 nitrogen and oxygen atoms in total. The molecule has 5 heteroatoms. The average Bonchev–Trinajstić information content (AvgIpc) is 3.11. The van der Waals surface area contributed by atoms with Crippen molar-refractivity contribution in [3.8, 4) is 26.8 Å². The first-order chi connectivity index (χ1) is 11.7. The lowest BCUT2D eigenvalue weighted by Crippen LogP contribution is -2.36. The van der Waals surface area contributed by atoms with E-state index in [0.29, 0.717) is 13.2 Å². The van der Waals surface area contributed by atoms with Gasteiger partial charge in [-0.1, -0.05) is 30.3 Å². The molecule has 2 heterocycles. The van der Waals surface area contributed by atoms with E-state index in [9.17, 15) is 4.79 Å². The molecule has 0 bridgehead atoms. The Labute approximate surface area is 144 Å². The third-order valence-corrected chi connectivity index (χ3v) is 5.11. The normalized spacial score (nSPS) is 13.3. The summed E-state index contributed by atoms with van der Waals surface area (Å²) in [5.41, 5.74) is 2.98. The minimum atomic E-state index is 0.0285. The van der Waals surface area contributed by atoms with Crippen LogP contribution in [0, 0.1) is 0 Å². The van der Waals surface area contributed by atoms with Crippen LogP contribution in [0.1, 0.15) is 6.92 Å². The summed E-state index contributed by atoms with van der Waals surface area (Å²) < 4.78 is 5.66. The van der Waals surface area contributed by atoms with Crippen LogP contribution < -0.4 is 9.64 Å². The summed E-state index contributed by atoms with van der Waals surface area (Å²) in [6, 6.07) is 16.1. The molecule has 2 aromatic carbocycles. The van der Waals surface area contributed by atoms with Gasteiger partial charge in [0.1, 0.15) is 17.4 Å². The minimum Gasteiger partial charge on any atom is -0.490 e. The van der Waals surface area contributed by atoms with Crippen LogP contribution in [0.2, 0.25) is 0 Å². The Bertz CT molecular complexity index is 889. The summed E-state index contributed by atoms with van der Waals surface area (Å²) in [5, 5.41) is 0.936. The topological polar surface area (TPSA) is 42.4 Å². The van der Waals surface area contributed by atoms with E-state index in [4.69, 9.17) is 4.74 Å². The van der Waals surface area contributed by atoms with Crippen LogP contribution in [0.25, 0.3) is 21.0 Å². The number of thiazole rings is 1. The lowest BCUT2D eigenvalue weighted by Gasteiger charge is -2.28. The zero-order valence-corrected chi connectivity index (χ0v) is 14.0. The van der Waals surface area contributed by atoms with Crippen molar-refractivity contribution in [2.24, 2.45) is 0 Å². The van der Waals surface area contributed by atoms with Gasteiger partial charge in [0.15, 0.2) is 0 Å². The highest BCUT2D eigenvalue weighted by atomic mass is 32.1. The van der Waals surface area contributed by atoms with Crippen LogP contribution in [0.5, 0.6) is 5.75 Å². The fraction of sp³-hybridized carbons (Fsp3) is 0.158. The molecule has 0 radical (unpaired) electrons. The molecule has 4 rings (SSSR count). The van der Waals surface area contributed by atoms with Crippen LogP contribution in [0.3, 0.4) is 0 Å². The Balaban J connectivity index is 1.72. The number of carbonyl (C=O) groups excluding carboxylic acids is 1. The van der Waals surface area contributed by atoms with Gasteiger partial charge in [-0.15, -0.1) is 11.3 Å². The summed E-state index contributed by atoms with van der Waals surface area (Å²) in [4.78, 5) is 19.3. The van der Waals surface area contributed by atoms with Crippen molar-refractivity contribution in [1.82, 2.24) is 4.98 Å². The Kier molecular flexibility index (Phi) is 3.78. The molecule has 120 valence electrons. The first-order valence-electron chi connectivity index (χ1n) is 7.79. The molecule has 1 aliphatic heterocycles. The fourth-order valence-corrected chi connectivity index (χ4v) is 3.74. The number of hydrogen-bond acceptors (Lipinski definition) is 4. The van der Waals surface area contributed by atoms with E-state index in [2.05, 4.69) is 17.1 Å². The average molecular weight is 336 g/mol. The van der Waals surface area contributed by atoms with Crippen molar-refractivity contribution in [1.29, 1.82) is 0 Å². The molecule has 1 amide bonds. The molecule has 0 spiro atoms. The van der Waals surface area contributed by atoms with Crippen LogP contribution in [0.15, 0.2) is 54.7 Å². The molecule has 1 aromatic heterocycles. The van der Waals surface area contributed by atoms with Gasteiger partial charge in [0.2, 0.25) is 5.91 Å². The van der Waals surface area contributed by atoms with Crippen molar-refractivity contribution >= 4 is 22.9 Å². The number of amides is 1. The third kappa shape index (κ3) is 2.67. The summed E-state index contributed by atoms with van der Waals surface area (Å²) in [7, 11) is 0. The molecule has 0 atom stereocenters. The van der Waals surface area contributed by atoms with Crippen LogP contribution in [-0.2, 0) is 4.79 Å². The van der Waals surface area contributed by atoms with E-state index in [1.807, 2.05) is 42.6 Å². The zero-order chi connectivity index (χ0) is 16.5. The van der Waals surface area contributed by atoms with Gasteiger partial charge in [-0.05, 0) is 23.8 Å². The fourth-order valence-electron chi connectivity index (χ4n) is 2.82. The maximum atomic E-state index is 11.9. The number of hydrogen-bond donors (Lipinski definition) is 0. The molecule has 1 aliphatic rings. The highest BCUT2D eigenvalue weighted by Crippen LogP contribution is 2.38. The molecule has 24 heavy (non-hydrogen) atoms. The zero-order valence-electron chi connectivity index (χ0n) is 13.2. The third-order valence-electron chi connectivity index (χ3n) is 4.01. The van der Waals surface area contributed by atoms with E-state index in [1.54, 1.807) is 23.2 Å². The number of carbonyl (C=O) groups is 1. The number of fused-ring (bicyclic) bond motifs is 1. The Morgan fingerprint density at radius 1 is 1.17 bits per heavy atom. The van der Waals surface area contributed by atoms with Gasteiger partial charge in [-0.25, -0.2) is 4.98 Å². The van der Waals surface area contributed by atoms with Gasteiger partial charge in [-0.3, -0.25) is 4.79 Å². The molecule has 0 saturated carbocycles. The molecule has 0 saturated heterocycles. The van der Waals surface area contributed by atoms with Crippen LogP contribution in [-0.4, -0.2) is 24.0 Å². The number of ether oxygens (including phenoxy) is 1. The van der Waals surface area contributed by atoms with E-state index in [-0.39, 0.29) is 5.91 Å². The second-order valence-corrected chi connectivity index (χ2v) is 6.63. The molecule has 0 unspecified atom stereocenters. The van der Waals surface area contributed by atoms with Crippen molar-refractivity contribution in [3.05, 3.63) is 54.7 Å². The maximum absolute atomic E-state index is 11.9. The van der Waals surface area contributed by atoms with Crippen molar-refractivity contribution in [2.45, 2.75) is 6.92 Å². The Hall–Kier alpha value is -2.66. The predicted octanol–water partition coefficient (Wildman–Crippen LogP) is 4.22. The number of nitrogens with zero attached hydrogens (tertiary/aromatic N) is 2. The Morgan fingerprint density at radius 2 is 2.00 bits per heavy atom. The van der Waals surface area contributed by atoms with E-state index >= 15 is 0 Å². The SMILES string of the molecule is CC(=O)N1CCOc2ccc(-c3ncc(-c4ccccc4)s3)cc21. The highest BCUT2D eigenvalue weighted by Gasteiger charge is 2.22. The number of anilines is 1. The first kappa shape index (κ1) is 14.9. The van der Waals surface area contributed by atoms with Gasteiger partial charge in [-0.2, -0.15) is 0 Å². The van der Waals surface area contributed by atoms with Gasteiger partial charge in [0.25, 0.3) is 0 Å². The van der Waals surface area contributed by atoms with Gasteiger partial charge in [0, 0.05) is 18.7 Å². The van der Waals surface area contributed by atoms with Crippen molar-refractivity contribution < 1.29 is 9.53 Å². The van der Waals surface area contributed by atoms with E-state index in [1.165, 1.54) is 0 Å². The largest absolute Gasteiger partial charge is 0.490 e. The van der Waals surface area contributed by atoms with Gasteiger partial charge >= 0.3 is 0 Å². The molecule has 0 aliphatic carbocycles. The smallest absolute Gasteiger partial charge is 0.224 e. The predicted molar refractivity (Wildman–Crippen MR) is 96.5 cm³/mol. The second kappa shape index (κ2) is 6.09. The summed E-state index contributed by atoms with van der Waals surface area (Å²) in [6.45, 7) is 2.69. The number of rotatable bonds is 2. The Morgan fingerprint density at radius 3 is 2.79 bits per heavy atom. The highest BCUT2D eigenvalue weighted by molar-refractivity contribution is 7.18. The monoisotopic (exact) mass is 336 g/mol. The lowest BCUT2D eigenvalue weighted by atomic mass is 10.1. The number of benzene rings is 2. The van der Waals surface area contributed by atoms with E-state index in [0.717, 1.165) is 32.4 Å². The first-order valence-corrected chi connectivity index (χ1v) is 8.60.